The molecule has 1 rings (SSSR count). The van der Waals surface area contributed by atoms with Gasteiger partial charge in [-0.25, -0.2) is 0 Å². The molecule has 0 aliphatic carbocycles. The van der Waals surface area contributed by atoms with Crippen LogP contribution in [0, 0.1) is 10.1 Å². The minimum atomic E-state index is -1.92. The third-order valence-electron chi connectivity index (χ3n) is 3.37. The molecule has 1 aromatic carbocycles. The first-order chi connectivity index (χ1) is 11.7. The summed E-state index contributed by atoms with van der Waals surface area (Å²) in [5.41, 5.74) is -0.596. The first-order valence-corrected chi connectivity index (χ1v) is 7.54. The van der Waals surface area contributed by atoms with Gasteiger partial charge in [-0.2, -0.15) is 0 Å². The number of non-ortho nitro benzene ring substituents is 1. The lowest BCUT2D eigenvalue weighted by atomic mass is 9.79. The molecule has 0 heterocycles. The fourth-order valence-corrected chi connectivity index (χ4v) is 2.14. The Bertz CT molecular complexity index is 639. The fraction of sp³-hybridized carbons (Fsp3) is 0.429. The van der Waals surface area contributed by atoms with Crippen molar-refractivity contribution in [1.29, 1.82) is 0 Å². The molecule has 25 heavy (non-hydrogen) atoms. The molecule has 0 unspecified atom stereocenters. The largest absolute Gasteiger partial charge is 0.488 e. The number of carboxylic acid groups (broad SMARTS) is 1. The number of nitrogens with zero attached hydrogens (tertiary/aromatic N) is 2. The maximum atomic E-state index is 12.1. The number of likely N-dealkylation sites (N-methyl/N-ethyl adjacent to an activating group) is 1. The van der Waals surface area contributed by atoms with E-state index in [4.69, 9.17) is 15.2 Å². The van der Waals surface area contributed by atoms with Crippen molar-refractivity contribution in [3.63, 3.8) is 0 Å². The van der Waals surface area contributed by atoms with Gasteiger partial charge < -0.3 is 20.5 Å². The molecule has 10 nitrogen and oxygen atoms in total. The Morgan fingerprint density at radius 3 is 2.52 bits per heavy atom. The van der Waals surface area contributed by atoms with Gasteiger partial charge in [0.25, 0.3) is 11.6 Å². The van der Waals surface area contributed by atoms with Crippen LogP contribution in [0.2, 0.25) is 0 Å². The fourth-order valence-electron chi connectivity index (χ4n) is 2.14. The molecule has 11 heteroatoms. The maximum Gasteiger partial charge on any atom is 0.488 e. The highest BCUT2D eigenvalue weighted by molar-refractivity contribution is 6.58. The van der Waals surface area contributed by atoms with E-state index in [0.29, 0.717) is 25.9 Å². The topological polar surface area (TPSA) is 153 Å². The zero-order valence-corrected chi connectivity index (χ0v) is 13.7. The van der Waals surface area contributed by atoms with E-state index in [0.717, 1.165) is 12.1 Å². The van der Waals surface area contributed by atoms with Crippen LogP contribution in [-0.2, 0) is 4.79 Å². The smallest absolute Gasteiger partial charge is 0.480 e. The Hall–Kier alpha value is -2.50. The van der Waals surface area contributed by atoms with E-state index >= 15 is 0 Å². The minimum Gasteiger partial charge on any atom is -0.480 e. The van der Waals surface area contributed by atoms with Crippen LogP contribution in [0.25, 0.3) is 0 Å². The van der Waals surface area contributed by atoms with Crippen molar-refractivity contribution < 1.29 is 29.7 Å². The Morgan fingerprint density at radius 2 is 1.96 bits per heavy atom. The molecule has 0 aromatic heterocycles. The van der Waals surface area contributed by atoms with E-state index in [1.54, 1.807) is 11.9 Å². The standard InChI is InChI=1S/C14H20BN3O7/c1-17(9-13(19)20)5-3-2-4-16-14(21)10-6-11(15(22)23)8-12(7-10)18(24)25/h6-8,22-23H,2-5,9H2,1H3,(H,16,21)(H,19,20). The second-order valence-corrected chi connectivity index (χ2v) is 5.54. The van der Waals surface area contributed by atoms with Crippen LogP contribution in [0.3, 0.4) is 0 Å². The molecule has 0 saturated carbocycles. The molecular formula is C14H20BN3O7. The van der Waals surface area contributed by atoms with Crippen molar-refractivity contribution in [2.45, 2.75) is 12.8 Å². The highest BCUT2D eigenvalue weighted by Crippen LogP contribution is 2.12. The van der Waals surface area contributed by atoms with Crippen molar-refractivity contribution in [3.05, 3.63) is 33.9 Å². The van der Waals surface area contributed by atoms with E-state index in [-0.39, 0.29) is 17.6 Å². The normalized spacial score (nSPS) is 10.6. The van der Waals surface area contributed by atoms with Gasteiger partial charge in [-0.3, -0.25) is 24.6 Å². The summed E-state index contributed by atoms with van der Waals surface area (Å²) in [6.07, 6.45) is 1.26. The Labute approximate surface area is 144 Å². The maximum absolute atomic E-state index is 12.1. The molecule has 4 N–H and O–H groups in total. The summed E-state index contributed by atoms with van der Waals surface area (Å²) in [5, 5.41) is 40.4. The predicted octanol–water partition coefficient (Wildman–Crippen LogP) is -1.20. The van der Waals surface area contributed by atoms with Crippen molar-refractivity contribution in [2.75, 3.05) is 26.7 Å². The number of rotatable bonds is 10. The Kier molecular flexibility index (Phi) is 7.99. The highest BCUT2D eigenvalue weighted by atomic mass is 16.6. The number of benzene rings is 1. The van der Waals surface area contributed by atoms with Crippen molar-refractivity contribution in [2.24, 2.45) is 0 Å². The van der Waals surface area contributed by atoms with Crippen LogP contribution >= 0.6 is 0 Å². The number of hydrogen-bond acceptors (Lipinski definition) is 7. The molecule has 0 radical (unpaired) electrons. The molecule has 1 aromatic rings. The number of carbonyl (C=O) groups excluding carboxylic acids is 1. The lowest BCUT2D eigenvalue weighted by Gasteiger charge is -2.13. The van der Waals surface area contributed by atoms with Crippen molar-refractivity contribution in [1.82, 2.24) is 10.2 Å². The van der Waals surface area contributed by atoms with Gasteiger partial charge >= 0.3 is 13.1 Å². The summed E-state index contributed by atoms with van der Waals surface area (Å²) < 4.78 is 0. The summed E-state index contributed by atoms with van der Waals surface area (Å²) in [4.78, 5) is 34.3. The zero-order valence-electron chi connectivity index (χ0n) is 13.7. The van der Waals surface area contributed by atoms with Crippen LogP contribution in [-0.4, -0.2) is 70.7 Å². The Morgan fingerprint density at radius 1 is 1.28 bits per heavy atom. The molecule has 0 aliphatic heterocycles. The van der Waals surface area contributed by atoms with Crippen LogP contribution in [0.5, 0.6) is 0 Å². The molecule has 0 spiro atoms. The summed E-state index contributed by atoms with van der Waals surface area (Å²) >= 11 is 0. The number of carboxylic acids is 1. The van der Waals surface area contributed by atoms with Gasteiger partial charge in [-0.1, -0.05) is 0 Å². The summed E-state index contributed by atoms with van der Waals surface area (Å²) in [7, 11) is -0.242. The quantitative estimate of drug-likeness (QED) is 0.177. The number of nitro benzene ring substituents is 1. The van der Waals surface area contributed by atoms with Crippen LogP contribution in [0.1, 0.15) is 23.2 Å². The number of unbranched alkanes of at least 4 members (excludes halogenated alkanes) is 1. The number of amides is 1. The third-order valence-corrected chi connectivity index (χ3v) is 3.37. The predicted molar refractivity (Wildman–Crippen MR) is 89.6 cm³/mol. The second-order valence-electron chi connectivity index (χ2n) is 5.54. The van der Waals surface area contributed by atoms with E-state index in [9.17, 15) is 19.7 Å². The highest BCUT2D eigenvalue weighted by Gasteiger charge is 2.20. The van der Waals surface area contributed by atoms with Crippen molar-refractivity contribution >= 4 is 30.1 Å². The summed E-state index contributed by atoms with van der Waals surface area (Å²) in [6, 6.07) is 3.22. The molecule has 0 atom stereocenters. The number of hydrogen-bond donors (Lipinski definition) is 4. The number of aliphatic carboxylic acids is 1. The molecule has 136 valence electrons. The van der Waals surface area contributed by atoms with Crippen LogP contribution in [0.4, 0.5) is 5.69 Å². The van der Waals surface area contributed by atoms with Gasteiger partial charge in [-0.05, 0) is 38.0 Å². The van der Waals surface area contributed by atoms with Gasteiger partial charge in [0.15, 0.2) is 0 Å². The van der Waals surface area contributed by atoms with Gasteiger partial charge in [-0.15, -0.1) is 0 Å². The van der Waals surface area contributed by atoms with E-state index in [2.05, 4.69) is 5.32 Å². The number of carbonyl (C=O) groups is 2. The molecule has 1 amide bonds. The van der Waals surface area contributed by atoms with Gasteiger partial charge in [0.05, 0.1) is 11.5 Å². The van der Waals surface area contributed by atoms with Gasteiger partial charge in [0.1, 0.15) is 0 Å². The Balaban J connectivity index is 2.54. The monoisotopic (exact) mass is 353 g/mol. The SMILES string of the molecule is CN(CCCCNC(=O)c1cc(B(O)O)cc([N+](=O)[O-])c1)CC(=O)O. The van der Waals surface area contributed by atoms with Gasteiger partial charge in [0.2, 0.25) is 0 Å². The molecule has 0 aliphatic rings. The molecule has 0 saturated heterocycles. The van der Waals surface area contributed by atoms with E-state index < -0.39 is 29.6 Å². The molecule has 0 fully saturated rings. The summed E-state index contributed by atoms with van der Waals surface area (Å²) in [6.45, 7) is 0.797. The van der Waals surface area contributed by atoms with Crippen LogP contribution < -0.4 is 10.8 Å². The van der Waals surface area contributed by atoms with E-state index in [1.165, 1.54) is 6.07 Å². The number of nitro groups is 1. The van der Waals surface area contributed by atoms with Gasteiger partial charge in [0, 0.05) is 24.2 Å². The third kappa shape index (κ3) is 7.29. The number of nitrogens with one attached hydrogen (secondary N) is 1. The first kappa shape index (κ1) is 20.5. The summed E-state index contributed by atoms with van der Waals surface area (Å²) in [5.74, 6) is -1.48. The first-order valence-electron chi connectivity index (χ1n) is 7.54. The lowest BCUT2D eigenvalue weighted by molar-refractivity contribution is -0.384. The molecule has 0 bridgehead atoms. The van der Waals surface area contributed by atoms with Crippen molar-refractivity contribution in [3.8, 4) is 0 Å². The second kappa shape index (κ2) is 9.72. The average Bonchev–Trinajstić information content (AvgIpc) is 2.53. The molecular weight excluding hydrogens is 333 g/mol. The minimum absolute atomic E-state index is 0.0414. The van der Waals surface area contributed by atoms with Crippen LogP contribution in [0.15, 0.2) is 18.2 Å². The van der Waals surface area contributed by atoms with E-state index in [1.807, 2.05) is 0 Å². The zero-order chi connectivity index (χ0) is 19.0. The lowest BCUT2D eigenvalue weighted by Crippen LogP contribution is -2.32. The average molecular weight is 353 g/mol.